The molecular formula is C27H30F3N3O3. The van der Waals surface area contributed by atoms with Gasteiger partial charge in [0.05, 0.1) is 18.2 Å². The summed E-state index contributed by atoms with van der Waals surface area (Å²) in [7, 11) is 0. The molecule has 6 nitrogen and oxygen atoms in total. The highest BCUT2D eigenvalue weighted by molar-refractivity contribution is 5.75. The van der Waals surface area contributed by atoms with E-state index >= 15 is 0 Å². The van der Waals surface area contributed by atoms with Gasteiger partial charge in [-0.3, -0.25) is 9.69 Å². The van der Waals surface area contributed by atoms with Gasteiger partial charge < -0.3 is 14.8 Å². The molecule has 36 heavy (non-hydrogen) atoms. The fraction of sp³-hybridized carbons (Fsp3) is 0.481. The summed E-state index contributed by atoms with van der Waals surface area (Å²) >= 11 is 0. The Hall–Kier alpha value is -3.09. The summed E-state index contributed by atoms with van der Waals surface area (Å²) in [6, 6.07) is 15.2. The highest BCUT2D eigenvalue weighted by Gasteiger charge is 2.55. The molecule has 0 bridgehead atoms. The Kier molecular flexibility index (Phi) is 8.17. The third-order valence-corrected chi connectivity index (χ3v) is 6.80. The van der Waals surface area contributed by atoms with Crippen LogP contribution in [-0.2, 0) is 28.7 Å². The zero-order valence-corrected chi connectivity index (χ0v) is 20.1. The number of halogens is 3. The topological polar surface area (TPSA) is 74.6 Å². The van der Waals surface area contributed by atoms with Crippen LogP contribution in [0.25, 0.3) is 0 Å². The van der Waals surface area contributed by atoms with E-state index in [1.807, 2.05) is 30.3 Å². The lowest BCUT2D eigenvalue weighted by atomic mass is 10.0. The SMILES string of the molecule is CCOC(=O)[C@H](C#N)Cc1ccc(OCCN[C@H]2C3CN(Cc4ccc(C(F)(F)F)cc4)C[C@@H]32)cc1. The van der Waals surface area contributed by atoms with Gasteiger partial charge in [0, 0.05) is 32.2 Å². The monoisotopic (exact) mass is 501 g/mol. The molecule has 1 aliphatic heterocycles. The number of nitriles is 1. The van der Waals surface area contributed by atoms with E-state index in [1.54, 1.807) is 19.1 Å². The molecule has 2 aromatic carbocycles. The summed E-state index contributed by atoms with van der Waals surface area (Å²) < 4.78 is 48.9. The van der Waals surface area contributed by atoms with Crippen molar-refractivity contribution >= 4 is 5.97 Å². The number of likely N-dealkylation sites (tertiary alicyclic amines) is 1. The van der Waals surface area contributed by atoms with Crippen molar-refractivity contribution in [2.45, 2.75) is 32.1 Å². The molecule has 2 aliphatic rings. The first-order valence-electron chi connectivity index (χ1n) is 12.2. The predicted molar refractivity (Wildman–Crippen MR) is 127 cm³/mol. The molecule has 0 amide bonds. The van der Waals surface area contributed by atoms with Gasteiger partial charge >= 0.3 is 12.1 Å². The maximum Gasteiger partial charge on any atom is 0.416 e. The van der Waals surface area contributed by atoms with Crippen LogP contribution in [-0.4, -0.2) is 49.8 Å². The molecule has 0 radical (unpaired) electrons. The van der Waals surface area contributed by atoms with Gasteiger partial charge in [0.1, 0.15) is 18.3 Å². The van der Waals surface area contributed by atoms with E-state index in [2.05, 4.69) is 10.2 Å². The Morgan fingerprint density at radius 1 is 1.11 bits per heavy atom. The number of carbonyl (C=O) groups is 1. The number of benzene rings is 2. The molecule has 1 aliphatic carbocycles. The first-order chi connectivity index (χ1) is 17.3. The Morgan fingerprint density at radius 3 is 2.33 bits per heavy atom. The van der Waals surface area contributed by atoms with Crippen LogP contribution >= 0.6 is 0 Å². The van der Waals surface area contributed by atoms with E-state index in [0.29, 0.717) is 37.5 Å². The summed E-state index contributed by atoms with van der Waals surface area (Å²) in [6.07, 6.45) is -4.00. The minimum Gasteiger partial charge on any atom is -0.492 e. The quantitative estimate of drug-likeness (QED) is 0.370. The summed E-state index contributed by atoms with van der Waals surface area (Å²) in [4.78, 5) is 14.1. The molecule has 0 aromatic heterocycles. The maximum atomic E-state index is 12.7. The fourth-order valence-electron chi connectivity index (χ4n) is 4.88. The van der Waals surface area contributed by atoms with Gasteiger partial charge in [0.2, 0.25) is 0 Å². The Labute approximate surface area is 209 Å². The molecule has 4 rings (SSSR count). The lowest BCUT2D eigenvalue weighted by molar-refractivity contribution is -0.146. The van der Waals surface area contributed by atoms with Gasteiger partial charge in [-0.15, -0.1) is 0 Å². The largest absolute Gasteiger partial charge is 0.492 e. The second-order valence-corrected chi connectivity index (χ2v) is 9.33. The van der Waals surface area contributed by atoms with Crippen LogP contribution in [0.3, 0.4) is 0 Å². The number of nitrogens with one attached hydrogen (secondary N) is 1. The molecule has 2 aromatic rings. The molecule has 1 unspecified atom stereocenters. The first kappa shape index (κ1) is 26.0. The summed E-state index contributed by atoms with van der Waals surface area (Å²) in [5.41, 5.74) is 1.16. The van der Waals surface area contributed by atoms with Crippen LogP contribution in [0.2, 0.25) is 0 Å². The summed E-state index contributed by atoms with van der Waals surface area (Å²) in [5, 5.41) is 12.7. The smallest absolute Gasteiger partial charge is 0.416 e. The van der Waals surface area contributed by atoms with E-state index in [0.717, 1.165) is 48.6 Å². The average Bonchev–Trinajstić information content (AvgIpc) is 3.30. The second kappa shape index (κ2) is 11.3. The third-order valence-electron chi connectivity index (χ3n) is 6.80. The van der Waals surface area contributed by atoms with Crippen molar-refractivity contribution in [1.29, 1.82) is 5.26 Å². The van der Waals surface area contributed by atoms with Crippen molar-refractivity contribution in [3.05, 3.63) is 65.2 Å². The highest BCUT2D eigenvalue weighted by atomic mass is 19.4. The van der Waals surface area contributed by atoms with Crippen LogP contribution in [0, 0.1) is 29.1 Å². The van der Waals surface area contributed by atoms with Gasteiger partial charge in [-0.1, -0.05) is 24.3 Å². The number of piperidine rings is 1. The number of hydrogen-bond acceptors (Lipinski definition) is 6. The molecule has 1 N–H and O–H groups in total. The standard InChI is InChI=1S/C27H30F3N3O3/c1-2-35-26(34)20(14-31)13-18-5-9-22(10-6-18)36-12-11-32-25-23-16-33(17-24(23)25)15-19-3-7-21(8-4-19)27(28,29)30/h3-10,20,23-25,32H,2,11-13,15-17H2,1H3/t20-,23-,24?,25+/m0/s1. The van der Waals surface area contributed by atoms with Crippen LogP contribution < -0.4 is 10.1 Å². The zero-order valence-electron chi connectivity index (χ0n) is 20.1. The average molecular weight is 502 g/mol. The van der Waals surface area contributed by atoms with Crippen LogP contribution in [0.15, 0.2) is 48.5 Å². The van der Waals surface area contributed by atoms with Gasteiger partial charge in [-0.05, 0) is 60.6 Å². The number of rotatable bonds is 11. The van der Waals surface area contributed by atoms with Crippen molar-refractivity contribution in [2.24, 2.45) is 17.8 Å². The Bertz CT molecular complexity index is 1050. The van der Waals surface area contributed by atoms with Gasteiger partial charge in [0.15, 0.2) is 0 Å². The maximum absolute atomic E-state index is 12.7. The minimum atomic E-state index is -4.30. The molecule has 0 spiro atoms. The van der Waals surface area contributed by atoms with E-state index in [4.69, 9.17) is 9.47 Å². The summed E-state index contributed by atoms with van der Waals surface area (Å²) in [6.45, 7) is 5.77. The van der Waals surface area contributed by atoms with Crippen molar-refractivity contribution in [3.63, 3.8) is 0 Å². The van der Waals surface area contributed by atoms with Crippen LogP contribution in [0.4, 0.5) is 13.2 Å². The van der Waals surface area contributed by atoms with Gasteiger partial charge in [0.25, 0.3) is 0 Å². The Balaban J connectivity index is 1.12. The highest BCUT2D eigenvalue weighted by Crippen LogP contribution is 2.45. The predicted octanol–water partition coefficient (Wildman–Crippen LogP) is 4.05. The van der Waals surface area contributed by atoms with E-state index in [1.165, 1.54) is 0 Å². The fourth-order valence-corrected chi connectivity index (χ4v) is 4.88. The van der Waals surface area contributed by atoms with E-state index in [9.17, 15) is 23.2 Å². The molecule has 9 heteroatoms. The van der Waals surface area contributed by atoms with E-state index in [-0.39, 0.29) is 6.61 Å². The molecule has 1 saturated carbocycles. The molecular weight excluding hydrogens is 471 g/mol. The second-order valence-electron chi connectivity index (χ2n) is 9.33. The van der Waals surface area contributed by atoms with Crippen molar-refractivity contribution in [2.75, 3.05) is 32.8 Å². The number of alkyl halides is 3. The molecule has 2 fully saturated rings. The van der Waals surface area contributed by atoms with Crippen LogP contribution in [0.5, 0.6) is 5.75 Å². The lowest BCUT2D eigenvalue weighted by Gasteiger charge is -2.20. The number of nitrogens with zero attached hydrogens (tertiary/aromatic N) is 2. The number of ether oxygens (including phenoxy) is 2. The molecule has 1 heterocycles. The first-order valence-corrected chi connectivity index (χ1v) is 12.2. The van der Waals surface area contributed by atoms with E-state index < -0.39 is 23.6 Å². The zero-order chi connectivity index (χ0) is 25.7. The van der Waals surface area contributed by atoms with Crippen LogP contribution in [0.1, 0.15) is 23.6 Å². The third kappa shape index (κ3) is 6.56. The minimum absolute atomic E-state index is 0.251. The molecule has 192 valence electrons. The number of hydrogen-bond donors (Lipinski definition) is 1. The van der Waals surface area contributed by atoms with Crippen molar-refractivity contribution < 1.29 is 27.4 Å². The normalized spacial score (nSPS) is 21.9. The van der Waals surface area contributed by atoms with Crippen molar-refractivity contribution in [3.8, 4) is 11.8 Å². The number of esters is 1. The van der Waals surface area contributed by atoms with Gasteiger partial charge in [-0.2, -0.15) is 18.4 Å². The lowest BCUT2D eigenvalue weighted by Crippen LogP contribution is -2.33. The molecule has 1 saturated heterocycles. The van der Waals surface area contributed by atoms with Gasteiger partial charge in [-0.25, -0.2) is 0 Å². The van der Waals surface area contributed by atoms with Crippen molar-refractivity contribution in [1.82, 2.24) is 10.2 Å². The molecule has 4 atom stereocenters. The number of carbonyl (C=O) groups excluding carboxylic acids is 1. The number of fused-ring (bicyclic) bond motifs is 1. The Morgan fingerprint density at radius 2 is 1.75 bits per heavy atom. The summed E-state index contributed by atoms with van der Waals surface area (Å²) in [5.74, 6) is 0.560.